The molecule has 0 saturated heterocycles. The summed E-state index contributed by atoms with van der Waals surface area (Å²) in [5.74, 6) is 0. The Hall–Kier alpha value is -1.45. The highest BCUT2D eigenvalue weighted by atomic mass is 32.2. The summed E-state index contributed by atoms with van der Waals surface area (Å²) in [6.45, 7) is 1.76. The summed E-state index contributed by atoms with van der Waals surface area (Å²) in [6, 6.07) is 3.48. The van der Waals surface area contributed by atoms with Gasteiger partial charge < -0.3 is 12.8 Å². The first-order valence-corrected chi connectivity index (χ1v) is 4.75. The van der Waals surface area contributed by atoms with E-state index in [1.54, 1.807) is 13.0 Å². The van der Waals surface area contributed by atoms with Crippen molar-refractivity contribution in [3.8, 4) is 6.07 Å². The van der Waals surface area contributed by atoms with Gasteiger partial charge in [0.25, 0.3) is 0 Å². The molecule has 0 aliphatic carbocycles. The van der Waals surface area contributed by atoms with E-state index in [9.17, 15) is 4.21 Å². The second-order valence-electron chi connectivity index (χ2n) is 2.44. The number of aryl methyl sites for hydroxylation is 1. The van der Waals surface area contributed by atoms with Gasteiger partial charge in [0.2, 0.25) is 0 Å². The van der Waals surface area contributed by atoms with Gasteiger partial charge in [0.15, 0.2) is 0 Å². The van der Waals surface area contributed by atoms with E-state index in [1.165, 1.54) is 13.3 Å². The predicted octanol–water partition coefficient (Wildman–Crippen LogP) is 1.60. The second kappa shape index (κ2) is 4.69. The minimum absolute atomic E-state index is 0.310. The first-order chi connectivity index (χ1) is 6.67. The van der Waals surface area contributed by atoms with E-state index in [4.69, 9.17) is 5.26 Å². The van der Waals surface area contributed by atoms with Crippen LogP contribution in [0.3, 0.4) is 0 Å². The second-order valence-corrected chi connectivity index (χ2v) is 3.39. The van der Waals surface area contributed by atoms with Gasteiger partial charge in [-0.05, 0) is 18.6 Å². The van der Waals surface area contributed by atoms with Crippen molar-refractivity contribution in [2.45, 2.75) is 6.92 Å². The van der Waals surface area contributed by atoms with Crippen LogP contribution in [-0.4, -0.2) is 12.1 Å². The maximum Gasteiger partial charge on any atom is 0.140 e. The van der Waals surface area contributed by atoms with Crippen molar-refractivity contribution in [2.75, 3.05) is 7.11 Å². The zero-order valence-corrected chi connectivity index (χ0v) is 8.54. The van der Waals surface area contributed by atoms with Crippen molar-refractivity contribution in [1.82, 2.24) is 4.98 Å². The topological polar surface area (TPSA) is 75.3 Å². The Morgan fingerprint density at radius 3 is 2.93 bits per heavy atom. The standard InChI is InChI=1S/C8H8N3O2S/c1-6-3-7(4-9)10-5-8(6)11-14(12)13-2/h3,5H,1-2H3/q-1. The molecule has 0 aromatic carbocycles. The lowest BCUT2D eigenvalue weighted by Gasteiger charge is -2.04. The third-order valence-electron chi connectivity index (χ3n) is 1.51. The minimum atomic E-state index is -1.69. The SMILES string of the molecule is CO[S-](=O)=Nc1cnc(C#N)cc1C. The average Bonchev–Trinajstić information content (AvgIpc) is 2.20. The van der Waals surface area contributed by atoms with Crippen molar-refractivity contribution in [3.05, 3.63) is 23.5 Å². The number of pyridine rings is 1. The Kier molecular flexibility index (Phi) is 3.56. The monoisotopic (exact) mass is 210 g/mol. The molecule has 0 spiro atoms. The smallest absolute Gasteiger partial charge is 0.140 e. The van der Waals surface area contributed by atoms with Gasteiger partial charge in [-0.2, -0.15) is 5.26 Å². The molecule has 1 aromatic heterocycles. The van der Waals surface area contributed by atoms with E-state index < -0.39 is 10.9 Å². The Morgan fingerprint density at radius 2 is 2.43 bits per heavy atom. The Bertz CT molecular complexity index is 458. The summed E-state index contributed by atoms with van der Waals surface area (Å²) >= 11 is 0. The zero-order chi connectivity index (χ0) is 10.6. The van der Waals surface area contributed by atoms with Crippen LogP contribution in [0.5, 0.6) is 0 Å². The van der Waals surface area contributed by atoms with Crippen LogP contribution in [0.4, 0.5) is 5.69 Å². The van der Waals surface area contributed by atoms with E-state index >= 15 is 0 Å². The van der Waals surface area contributed by atoms with Crippen molar-refractivity contribution in [3.63, 3.8) is 0 Å². The predicted molar refractivity (Wildman–Crippen MR) is 50.8 cm³/mol. The van der Waals surface area contributed by atoms with Crippen molar-refractivity contribution < 1.29 is 8.39 Å². The molecule has 5 nitrogen and oxygen atoms in total. The van der Waals surface area contributed by atoms with Gasteiger partial charge in [0, 0.05) is 7.11 Å². The largest absolute Gasteiger partial charge is 0.441 e. The third-order valence-corrected chi connectivity index (χ3v) is 2.14. The van der Waals surface area contributed by atoms with Gasteiger partial charge in [-0.25, -0.2) is 4.98 Å². The van der Waals surface area contributed by atoms with Crippen LogP contribution in [0, 0.1) is 18.3 Å². The van der Waals surface area contributed by atoms with Crippen LogP contribution in [-0.2, 0) is 19.3 Å². The molecule has 0 saturated carbocycles. The number of nitrogens with zero attached hydrogens (tertiary/aromatic N) is 3. The molecule has 74 valence electrons. The molecule has 1 heterocycles. The molecular formula is C8H8N3O2S-. The van der Waals surface area contributed by atoms with Gasteiger partial charge in [-0.1, -0.05) is 10.9 Å². The van der Waals surface area contributed by atoms with Crippen LogP contribution >= 0.6 is 0 Å². The quantitative estimate of drug-likeness (QED) is 0.695. The molecule has 1 aromatic rings. The lowest BCUT2D eigenvalue weighted by molar-refractivity contribution is 0.438. The summed E-state index contributed by atoms with van der Waals surface area (Å²) < 4.78 is 19.1. The maximum atomic E-state index is 10.9. The van der Waals surface area contributed by atoms with Crippen LogP contribution < -0.4 is 0 Å². The molecule has 0 fully saturated rings. The number of hydrogen-bond donors (Lipinski definition) is 0. The molecular weight excluding hydrogens is 202 g/mol. The van der Waals surface area contributed by atoms with Gasteiger partial charge in [0.05, 0.1) is 11.9 Å². The molecule has 1 rings (SSSR count). The highest BCUT2D eigenvalue weighted by Gasteiger charge is 1.96. The molecule has 0 amide bonds. The first kappa shape index (κ1) is 10.6. The van der Waals surface area contributed by atoms with E-state index in [-0.39, 0.29) is 0 Å². The summed E-state index contributed by atoms with van der Waals surface area (Å²) in [6.07, 6.45) is 1.39. The molecule has 0 aliphatic heterocycles. The van der Waals surface area contributed by atoms with Crippen LogP contribution in [0.25, 0.3) is 0 Å². The first-order valence-electron chi connectivity index (χ1n) is 3.72. The molecule has 0 N–H and O–H groups in total. The highest BCUT2D eigenvalue weighted by molar-refractivity contribution is 7.69. The van der Waals surface area contributed by atoms with Gasteiger partial charge in [-0.15, -0.1) is 0 Å². The highest BCUT2D eigenvalue weighted by Crippen LogP contribution is 2.17. The normalized spacial score (nSPS) is 12.4. The Labute approximate surface area is 83.8 Å². The number of nitriles is 1. The molecule has 0 bridgehead atoms. The van der Waals surface area contributed by atoms with E-state index in [1.807, 2.05) is 6.07 Å². The number of hydrogen-bond acceptors (Lipinski definition) is 6. The zero-order valence-electron chi connectivity index (χ0n) is 7.72. The summed E-state index contributed by atoms with van der Waals surface area (Å²) in [7, 11) is -0.397. The Balaban J connectivity index is 3.14. The van der Waals surface area contributed by atoms with Gasteiger partial charge >= 0.3 is 0 Å². The van der Waals surface area contributed by atoms with Crippen LogP contribution in [0.15, 0.2) is 16.6 Å². The van der Waals surface area contributed by atoms with E-state index in [0.29, 0.717) is 11.4 Å². The summed E-state index contributed by atoms with van der Waals surface area (Å²) in [4.78, 5) is 3.80. The molecule has 0 atom stereocenters. The fraction of sp³-hybridized carbons (Fsp3) is 0.250. The number of aromatic nitrogens is 1. The van der Waals surface area contributed by atoms with Crippen molar-refractivity contribution in [2.24, 2.45) is 4.36 Å². The van der Waals surface area contributed by atoms with Crippen molar-refractivity contribution in [1.29, 1.82) is 5.26 Å². The molecule has 14 heavy (non-hydrogen) atoms. The minimum Gasteiger partial charge on any atom is -0.441 e. The molecule has 0 aliphatic rings. The van der Waals surface area contributed by atoms with Crippen LogP contribution in [0.1, 0.15) is 11.3 Å². The third kappa shape index (κ3) is 2.52. The maximum absolute atomic E-state index is 10.9. The summed E-state index contributed by atoms with van der Waals surface area (Å²) in [5, 5.41) is 8.55. The summed E-state index contributed by atoms with van der Waals surface area (Å²) in [5.41, 5.74) is 1.51. The lowest BCUT2D eigenvalue weighted by Crippen LogP contribution is -1.85. The van der Waals surface area contributed by atoms with Crippen LogP contribution in [0.2, 0.25) is 0 Å². The number of rotatable bonds is 2. The fourth-order valence-electron chi connectivity index (χ4n) is 0.823. The molecule has 0 unspecified atom stereocenters. The van der Waals surface area contributed by atoms with Gasteiger partial charge in [-0.3, -0.25) is 0 Å². The fourth-order valence-corrected chi connectivity index (χ4v) is 1.25. The molecule has 6 heteroatoms. The lowest BCUT2D eigenvalue weighted by atomic mass is 10.2. The van der Waals surface area contributed by atoms with E-state index in [0.717, 1.165) is 5.56 Å². The van der Waals surface area contributed by atoms with Crippen molar-refractivity contribution >= 4 is 16.6 Å². The van der Waals surface area contributed by atoms with E-state index in [2.05, 4.69) is 13.5 Å². The molecule has 0 radical (unpaired) electrons. The Morgan fingerprint density at radius 1 is 1.71 bits per heavy atom. The van der Waals surface area contributed by atoms with Gasteiger partial charge in [0.1, 0.15) is 11.8 Å². The average molecular weight is 210 g/mol.